The number of carboxylic acid groups (broad SMARTS) is 1. The van der Waals surface area contributed by atoms with Crippen molar-refractivity contribution < 1.29 is 48.1 Å². The zero-order valence-electron chi connectivity index (χ0n) is 72.5. The molecule has 0 aromatic heterocycles. The number of rotatable bonds is 25. The summed E-state index contributed by atoms with van der Waals surface area (Å²) in [6.07, 6.45) is 8.76. The zero-order valence-corrected chi connectivity index (χ0v) is 74.1. The third kappa shape index (κ3) is 26.0. The predicted molar refractivity (Wildman–Crippen MR) is 470 cm³/mol. The summed E-state index contributed by atoms with van der Waals surface area (Å²) >= 11 is 3.42. The van der Waals surface area contributed by atoms with Gasteiger partial charge in [0.1, 0.15) is 13.2 Å². The van der Waals surface area contributed by atoms with Crippen LogP contribution < -0.4 is 0 Å². The maximum Gasteiger partial charge on any atom is 0.416 e. The SMILES string of the molecule is CCC(C[C@H](Cc1ccc(C)c(C)c1)C(=O)O)c1ccc(C)c(C)c1.CC[C@@H](CCC(=O)N1C(=O)OC[C@@H]1CC)c1ccc(C)c(C)c1.CC[C@@H](C[C@H](Cc1ccc(C)c(C)c1)C(=O)N1C(=O)OC[C@@H]1CC)c1ccc(C)c(C)c1.Cc1ccc(CBr)cc1C.Cc1ccc(C[C@H]2C[C@@H](c3ccc(C)c(C)c3)COC2=O)cc1C. The molecule has 0 spiro atoms. The van der Waals surface area contributed by atoms with E-state index in [1.165, 1.54) is 132 Å². The zero-order chi connectivity index (χ0) is 83.8. The van der Waals surface area contributed by atoms with Crippen molar-refractivity contribution >= 4 is 51.9 Å². The highest BCUT2D eigenvalue weighted by Gasteiger charge is 2.41. The van der Waals surface area contributed by atoms with E-state index in [4.69, 9.17) is 14.2 Å². The lowest BCUT2D eigenvalue weighted by Gasteiger charge is -2.29. The van der Waals surface area contributed by atoms with Crippen molar-refractivity contribution in [1.29, 1.82) is 0 Å². The maximum atomic E-state index is 13.7. The smallest absolute Gasteiger partial charge is 0.416 e. The van der Waals surface area contributed by atoms with Gasteiger partial charge in [0, 0.05) is 23.6 Å². The van der Waals surface area contributed by atoms with Gasteiger partial charge < -0.3 is 19.3 Å². The second-order valence-corrected chi connectivity index (χ2v) is 33.4. The van der Waals surface area contributed by atoms with Crippen LogP contribution in [0.1, 0.15) is 256 Å². The van der Waals surface area contributed by atoms with E-state index >= 15 is 0 Å². The molecule has 8 aromatic carbocycles. The molecule has 8 aromatic rings. The molecule has 3 saturated heterocycles. The summed E-state index contributed by atoms with van der Waals surface area (Å²) in [5.74, 6) is -0.434. The Balaban J connectivity index is 0.000000203. The Hall–Kier alpha value is -8.94. The normalized spacial score (nSPS) is 17.0. The van der Waals surface area contributed by atoms with Gasteiger partial charge in [0.15, 0.2) is 0 Å². The number of amides is 4. The van der Waals surface area contributed by atoms with E-state index in [0.717, 1.165) is 61.4 Å². The lowest BCUT2D eigenvalue weighted by molar-refractivity contribution is -0.154. The van der Waals surface area contributed by atoms with E-state index in [1.54, 1.807) is 0 Å². The molecule has 1 unspecified atom stereocenters. The molecular formula is C101H131BrN2O10. The Labute approximate surface area is 692 Å². The first-order chi connectivity index (χ1) is 54.2. The highest BCUT2D eigenvalue weighted by Crippen LogP contribution is 2.37. The van der Waals surface area contributed by atoms with Gasteiger partial charge in [-0.25, -0.2) is 19.4 Å². The van der Waals surface area contributed by atoms with Crippen LogP contribution >= 0.6 is 15.9 Å². The van der Waals surface area contributed by atoms with Crippen LogP contribution in [0.5, 0.6) is 0 Å². The lowest BCUT2D eigenvalue weighted by atomic mass is 9.82. The van der Waals surface area contributed by atoms with Crippen LogP contribution in [0.15, 0.2) is 146 Å². The minimum atomic E-state index is -0.694. The van der Waals surface area contributed by atoms with Crippen LogP contribution in [0.2, 0.25) is 0 Å². The van der Waals surface area contributed by atoms with Crippen LogP contribution in [0.3, 0.4) is 0 Å². The molecule has 0 radical (unpaired) electrons. The van der Waals surface area contributed by atoms with Crippen LogP contribution in [0.25, 0.3) is 0 Å². The summed E-state index contributed by atoms with van der Waals surface area (Å²) in [6.45, 7) is 45.4. The second kappa shape index (κ2) is 44.2. The van der Waals surface area contributed by atoms with Crippen LogP contribution in [-0.2, 0) is 58.0 Å². The Morgan fingerprint density at radius 2 is 0.772 bits per heavy atom. The standard InChI is InChI=1S/C28H37NO3.C23H30O2.C22H26O2.C19H27NO3.C9H11Br/c1-7-23(24-12-10-19(4)21(6)14-24)16-25(15-22-11-9-18(3)20(5)13-22)27(30)29-26(8-2)17-32-28(29)31;1-6-20(21-10-8-16(3)18(5)12-21)14-22(23(24)25)13-19-9-7-15(2)17(4)11-19;1-14-5-7-18(9-16(14)3)11-20-12-21(13-24-22(20)23)19-8-6-15(2)17(4)10-19;1-5-15(16-8-7-13(3)14(4)11-16)9-10-18(21)20-17(6-2)12-23-19(20)22;1-7-3-4-9(6-10)5-8(7)2/h9-14,23,25-26H,7-8,15-17H2,1-6H3;7-12,20,22H,6,13-14H2,1-5H3,(H,24,25);5-10,20-21H,11-13H2,1-4H3;7-8,11,15,17H,5-6,9-10,12H2,1-4H3;3-5H,6H2,1-2H3/t23-,25-,26-;20?,22-;20-,21+;15-,17-;/m0000./s1. The number of hydrogen-bond donors (Lipinski definition) is 1. The highest BCUT2D eigenvalue weighted by molar-refractivity contribution is 9.08. The van der Waals surface area contributed by atoms with Crippen LogP contribution in [0.4, 0.5) is 9.59 Å². The number of nitrogens with zero attached hydrogens (tertiary/aromatic N) is 2. The Morgan fingerprint density at radius 3 is 1.18 bits per heavy atom. The summed E-state index contributed by atoms with van der Waals surface area (Å²) in [7, 11) is 0. The molecule has 0 aliphatic carbocycles. The highest BCUT2D eigenvalue weighted by atomic mass is 79.9. The number of benzene rings is 8. The molecule has 612 valence electrons. The van der Waals surface area contributed by atoms with Gasteiger partial charge in [-0.1, -0.05) is 196 Å². The quantitative estimate of drug-likeness (QED) is 0.0332. The van der Waals surface area contributed by atoms with Crippen LogP contribution in [-0.4, -0.2) is 82.8 Å². The average Bonchev–Trinajstić information content (AvgIpc) is 1.25. The van der Waals surface area contributed by atoms with Crippen LogP contribution in [0, 0.1) is 129 Å². The molecule has 13 heteroatoms. The minimum absolute atomic E-state index is 0.0479. The third-order valence-electron chi connectivity index (χ3n) is 24.6. The average molecular weight is 1610 g/mol. The number of halogens is 1. The summed E-state index contributed by atoms with van der Waals surface area (Å²) in [5, 5.41) is 10.7. The summed E-state index contributed by atoms with van der Waals surface area (Å²) < 4.78 is 15.8. The number of aliphatic carboxylic acids is 1. The number of cyclic esters (lactones) is 3. The molecule has 11 rings (SSSR count). The largest absolute Gasteiger partial charge is 0.481 e. The number of ether oxygens (including phenoxy) is 3. The first kappa shape index (κ1) is 92.2. The minimum Gasteiger partial charge on any atom is -0.481 e. The van der Waals surface area contributed by atoms with Gasteiger partial charge in [-0.15, -0.1) is 0 Å². The number of carbonyl (C=O) groups is 6. The molecule has 0 bridgehead atoms. The molecule has 3 fully saturated rings. The first-order valence-electron chi connectivity index (χ1n) is 41.7. The van der Waals surface area contributed by atoms with E-state index in [9.17, 15) is 33.9 Å². The molecule has 114 heavy (non-hydrogen) atoms. The van der Waals surface area contributed by atoms with Crippen molar-refractivity contribution in [2.75, 3.05) is 19.8 Å². The van der Waals surface area contributed by atoms with E-state index in [-0.39, 0.29) is 59.5 Å². The Bertz CT molecular complexity index is 4590. The Morgan fingerprint density at radius 1 is 0.412 bits per heavy atom. The van der Waals surface area contributed by atoms with Gasteiger partial charge in [-0.05, 0) is 339 Å². The van der Waals surface area contributed by atoms with Gasteiger partial charge in [0.05, 0.1) is 30.5 Å². The number of aryl methyl sites for hydroxylation is 16. The van der Waals surface area contributed by atoms with E-state index < -0.39 is 18.2 Å². The van der Waals surface area contributed by atoms with Crippen molar-refractivity contribution in [2.45, 2.75) is 270 Å². The fraction of sp³-hybridized carbons (Fsp3) is 0.465. The number of carboxylic acids is 1. The summed E-state index contributed by atoms with van der Waals surface area (Å²) in [5.41, 5.74) is 30.4. The molecule has 4 amide bonds. The Kier molecular flexibility index (Phi) is 35.8. The molecule has 3 heterocycles. The van der Waals surface area contributed by atoms with Crippen molar-refractivity contribution in [3.63, 3.8) is 0 Å². The molecule has 1 N–H and O–H groups in total. The van der Waals surface area contributed by atoms with Crippen molar-refractivity contribution in [1.82, 2.24) is 9.80 Å². The molecule has 3 aliphatic heterocycles. The number of imide groups is 2. The number of carbonyl (C=O) groups excluding carboxylic acids is 5. The molecule has 0 saturated carbocycles. The van der Waals surface area contributed by atoms with E-state index in [1.807, 2.05) is 13.8 Å². The van der Waals surface area contributed by atoms with E-state index in [2.05, 4.69) is 293 Å². The first-order valence-corrected chi connectivity index (χ1v) is 42.8. The van der Waals surface area contributed by atoms with Crippen molar-refractivity contribution in [3.8, 4) is 0 Å². The number of esters is 1. The number of hydrogen-bond acceptors (Lipinski definition) is 9. The van der Waals surface area contributed by atoms with E-state index in [0.29, 0.717) is 70.2 Å². The van der Waals surface area contributed by atoms with Gasteiger partial charge in [0.2, 0.25) is 11.8 Å². The van der Waals surface area contributed by atoms with Crippen molar-refractivity contribution in [3.05, 3.63) is 279 Å². The number of alkyl halides is 1. The van der Waals surface area contributed by atoms with Gasteiger partial charge >= 0.3 is 24.1 Å². The molecule has 9 atom stereocenters. The summed E-state index contributed by atoms with van der Waals surface area (Å²) in [4.78, 5) is 77.1. The summed E-state index contributed by atoms with van der Waals surface area (Å²) in [6, 6.07) is 51.6. The molecule has 3 aliphatic rings. The third-order valence-corrected chi connectivity index (χ3v) is 25.3. The molecular weight excluding hydrogens is 1480 g/mol. The topological polar surface area (TPSA) is 157 Å². The van der Waals surface area contributed by atoms with Gasteiger partial charge in [0.25, 0.3) is 0 Å². The fourth-order valence-electron chi connectivity index (χ4n) is 15.4. The fourth-order valence-corrected chi connectivity index (χ4v) is 15.8. The van der Waals surface area contributed by atoms with Crippen molar-refractivity contribution in [2.24, 2.45) is 17.8 Å². The van der Waals surface area contributed by atoms with Gasteiger partial charge in [-0.2, -0.15) is 0 Å². The monoisotopic (exact) mass is 1610 g/mol. The van der Waals surface area contributed by atoms with Gasteiger partial charge in [-0.3, -0.25) is 19.2 Å². The second-order valence-electron chi connectivity index (χ2n) is 32.9. The lowest BCUT2D eigenvalue weighted by Crippen LogP contribution is -2.43. The predicted octanol–water partition coefficient (Wildman–Crippen LogP) is 24.5. The molecule has 12 nitrogen and oxygen atoms in total. The maximum absolute atomic E-state index is 13.7.